The van der Waals surface area contributed by atoms with Gasteiger partial charge >= 0.3 is 6.18 Å². The van der Waals surface area contributed by atoms with Gasteiger partial charge in [0.1, 0.15) is 10.8 Å². The summed E-state index contributed by atoms with van der Waals surface area (Å²) in [5.41, 5.74) is 1.86. The van der Waals surface area contributed by atoms with E-state index < -0.39 is 12.0 Å². The fourth-order valence-electron chi connectivity index (χ4n) is 3.16. The number of halogens is 3. The monoisotopic (exact) mass is 439 g/mol. The zero-order chi connectivity index (χ0) is 21.6. The van der Waals surface area contributed by atoms with Crippen LogP contribution in [0, 0.1) is 0 Å². The van der Waals surface area contributed by atoms with Gasteiger partial charge in [0.2, 0.25) is 4.96 Å². The van der Waals surface area contributed by atoms with Crippen molar-refractivity contribution in [2.45, 2.75) is 6.18 Å². The van der Waals surface area contributed by atoms with Crippen LogP contribution in [0.25, 0.3) is 26.3 Å². The molecule has 5 rings (SSSR count). The average molecular weight is 439 g/mol. The van der Waals surface area contributed by atoms with Gasteiger partial charge in [-0.05, 0) is 41.1 Å². The molecule has 0 aliphatic heterocycles. The molecule has 0 amide bonds. The van der Waals surface area contributed by atoms with Gasteiger partial charge in [-0.3, -0.25) is 4.99 Å². The Bertz CT molecular complexity index is 1440. The van der Waals surface area contributed by atoms with Crippen molar-refractivity contribution in [2.75, 3.05) is 0 Å². The third-order valence-corrected chi connectivity index (χ3v) is 5.60. The first-order chi connectivity index (χ1) is 14.9. The third-order valence-electron chi connectivity index (χ3n) is 4.65. The van der Waals surface area contributed by atoms with Crippen LogP contribution in [-0.4, -0.2) is 31.1 Å². The summed E-state index contributed by atoms with van der Waals surface area (Å²) in [6.45, 7) is 0. The SMILES string of the molecule is Oc1ccc2ccccc2c1C=Nc1ccc(-c2nn3c(C(F)(F)F)nnc3s2)cc1. The molecule has 0 saturated carbocycles. The second-order valence-corrected chi connectivity index (χ2v) is 7.60. The highest BCUT2D eigenvalue weighted by Crippen LogP contribution is 2.32. The van der Waals surface area contributed by atoms with Gasteiger partial charge in [0.05, 0.1) is 5.69 Å². The fraction of sp³-hybridized carbons (Fsp3) is 0.0476. The van der Waals surface area contributed by atoms with E-state index in [2.05, 4.69) is 20.3 Å². The van der Waals surface area contributed by atoms with Crippen LogP contribution in [0.4, 0.5) is 18.9 Å². The number of hydrogen-bond donors (Lipinski definition) is 1. The molecule has 31 heavy (non-hydrogen) atoms. The molecular formula is C21H12F3N5OS. The van der Waals surface area contributed by atoms with E-state index in [9.17, 15) is 18.3 Å². The van der Waals surface area contributed by atoms with E-state index in [-0.39, 0.29) is 10.7 Å². The van der Waals surface area contributed by atoms with E-state index in [1.807, 2.05) is 30.3 Å². The molecule has 0 radical (unpaired) electrons. The first kappa shape index (κ1) is 19.2. The number of aromatic hydroxyl groups is 1. The summed E-state index contributed by atoms with van der Waals surface area (Å²) < 4.78 is 39.6. The van der Waals surface area contributed by atoms with E-state index in [0.717, 1.165) is 22.1 Å². The van der Waals surface area contributed by atoms with Gasteiger partial charge in [-0.2, -0.15) is 22.8 Å². The Kier molecular flexibility index (Phi) is 4.44. The summed E-state index contributed by atoms with van der Waals surface area (Å²) in [6.07, 6.45) is -3.04. The molecule has 3 aromatic carbocycles. The molecule has 0 aliphatic carbocycles. The maximum absolute atomic E-state index is 13.0. The molecule has 0 spiro atoms. The highest BCUT2D eigenvalue weighted by molar-refractivity contribution is 7.19. The molecule has 154 valence electrons. The smallest absolute Gasteiger partial charge is 0.453 e. The number of alkyl halides is 3. The lowest BCUT2D eigenvalue weighted by molar-refractivity contribution is -0.146. The van der Waals surface area contributed by atoms with Crippen LogP contribution < -0.4 is 0 Å². The highest BCUT2D eigenvalue weighted by Gasteiger charge is 2.38. The number of nitrogens with zero attached hydrogens (tertiary/aromatic N) is 5. The number of phenols is 1. The summed E-state index contributed by atoms with van der Waals surface area (Å²) in [6, 6.07) is 18.0. The summed E-state index contributed by atoms with van der Waals surface area (Å²) in [5.74, 6) is -1.03. The fourth-order valence-corrected chi connectivity index (χ4v) is 4.00. The molecule has 0 bridgehead atoms. The molecule has 2 aromatic heterocycles. The van der Waals surface area contributed by atoms with Gasteiger partial charge in [0.25, 0.3) is 5.82 Å². The van der Waals surface area contributed by atoms with Crippen molar-refractivity contribution in [3.8, 4) is 16.3 Å². The van der Waals surface area contributed by atoms with Gasteiger partial charge in [-0.25, -0.2) is 0 Å². The minimum Gasteiger partial charge on any atom is -0.507 e. The van der Waals surface area contributed by atoms with Crippen LogP contribution in [-0.2, 0) is 6.18 Å². The Balaban J connectivity index is 1.44. The first-order valence-corrected chi connectivity index (χ1v) is 9.86. The van der Waals surface area contributed by atoms with Gasteiger partial charge < -0.3 is 5.11 Å². The van der Waals surface area contributed by atoms with Crippen LogP contribution in [0.3, 0.4) is 0 Å². The van der Waals surface area contributed by atoms with Crippen molar-refractivity contribution >= 4 is 39.0 Å². The van der Waals surface area contributed by atoms with Crippen molar-refractivity contribution in [2.24, 2.45) is 4.99 Å². The van der Waals surface area contributed by atoms with Crippen LogP contribution in [0.5, 0.6) is 5.75 Å². The summed E-state index contributed by atoms with van der Waals surface area (Å²) in [4.78, 5) is 4.49. The predicted molar refractivity (Wildman–Crippen MR) is 112 cm³/mol. The molecule has 2 heterocycles. The lowest BCUT2D eigenvalue weighted by Crippen LogP contribution is -2.11. The summed E-state index contributed by atoms with van der Waals surface area (Å²) in [5, 5.41) is 23.2. The number of benzene rings is 3. The number of rotatable bonds is 3. The molecule has 10 heteroatoms. The van der Waals surface area contributed by atoms with Crippen molar-refractivity contribution < 1.29 is 18.3 Å². The van der Waals surface area contributed by atoms with E-state index >= 15 is 0 Å². The number of aliphatic imine (C=N–C) groups is 1. The molecular weight excluding hydrogens is 427 g/mol. The Morgan fingerprint density at radius 1 is 0.968 bits per heavy atom. The maximum atomic E-state index is 13.0. The molecule has 0 unspecified atom stereocenters. The average Bonchev–Trinajstić information content (AvgIpc) is 3.34. The zero-order valence-electron chi connectivity index (χ0n) is 15.6. The Hall–Kier alpha value is -3.79. The van der Waals surface area contributed by atoms with Crippen LogP contribution in [0.1, 0.15) is 11.4 Å². The Labute approximate surface area is 176 Å². The number of hydrogen-bond acceptors (Lipinski definition) is 6. The topological polar surface area (TPSA) is 75.7 Å². The van der Waals surface area contributed by atoms with Gasteiger partial charge in [-0.15, -0.1) is 10.2 Å². The molecule has 6 nitrogen and oxygen atoms in total. The second-order valence-electron chi connectivity index (χ2n) is 6.65. The van der Waals surface area contributed by atoms with Crippen LogP contribution in [0.15, 0.2) is 65.7 Å². The number of aromatic nitrogens is 4. The summed E-state index contributed by atoms with van der Waals surface area (Å²) >= 11 is 1.01. The molecule has 0 saturated heterocycles. The minimum absolute atomic E-state index is 0.0656. The summed E-state index contributed by atoms with van der Waals surface area (Å²) in [7, 11) is 0. The maximum Gasteiger partial charge on any atom is 0.453 e. The van der Waals surface area contributed by atoms with Crippen molar-refractivity contribution in [3.63, 3.8) is 0 Å². The lowest BCUT2D eigenvalue weighted by Gasteiger charge is -2.04. The van der Waals surface area contributed by atoms with E-state index in [4.69, 9.17) is 0 Å². The Morgan fingerprint density at radius 3 is 2.52 bits per heavy atom. The Morgan fingerprint density at radius 2 is 1.74 bits per heavy atom. The normalized spacial score (nSPS) is 12.4. The van der Waals surface area contributed by atoms with Crippen molar-refractivity contribution in [3.05, 3.63) is 72.1 Å². The van der Waals surface area contributed by atoms with Crippen LogP contribution >= 0.6 is 11.3 Å². The standard InChI is InChI=1S/C21H12F3N5OS/c22-21(23,24)19-26-27-20-29(19)28-18(31-20)13-5-8-14(9-6-13)25-11-16-15-4-2-1-3-12(15)7-10-17(16)30/h1-11,30H. The molecule has 5 aromatic rings. The lowest BCUT2D eigenvalue weighted by atomic mass is 10.0. The minimum atomic E-state index is -4.63. The molecule has 0 aliphatic rings. The van der Waals surface area contributed by atoms with Gasteiger partial charge in [-0.1, -0.05) is 41.7 Å². The molecule has 0 atom stereocenters. The highest BCUT2D eigenvalue weighted by atomic mass is 32.1. The van der Waals surface area contributed by atoms with Crippen LogP contribution in [0.2, 0.25) is 0 Å². The van der Waals surface area contributed by atoms with E-state index in [1.165, 1.54) is 0 Å². The number of fused-ring (bicyclic) bond motifs is 2. The van der Waals surface area contributed by atoms with Crippen molar-refractivity contribution in [1.29, 1.82) is 0 Å². The predicted octanol–water partition coefficient (Wildman–Crippen LogP) is 5.48. The van der Waals surface area contributed by atoms with Crippen molar-refractivity contribution in [1.82, 2.24) is 19.8 Å². The molecule has 1 N–H and O–H groups in total. The molecule has 0 fully saturated rings. The first-order valence-electron chi connectivity index (χ1n) is 9.05. The number of phenolic OH excluding ortho intramolecular Hbond substituents is 1. The van der Waals surface area contributed by atoms with E-state index in [0.29, 0.717) is 26.3 Å². The van der Waals surface area contributed by atoms with E-state index in [1.54, 1.807) is 36.5 Å². The third kappa shape index (κ3) is 3.50. The quantitative estimate of drug-likeness (QED) is 0.378. The van der Waals surface area contributed by atoms with Gasteiger partial charge in [0.15, 0.2) is 0 Å². The zero-order valence-corrected chi connectivity index (χ0v) is 16.4. The largest absolute Gasteiger partial charge is 0.507 e. The van der Waals surface area contributed by atoms with Gasteiger partial charge in [0, 0.05) is 17.3 Å². The second kappa shape index (κ2) is 7.17.